The van der Waals surface area contributed by atoms with E-state index < -0.39 is 23.0 Å². The van der Waals surface area contributed by atoms with Crippen LogP contribution >= 0.6 is 11.6 Å². The molecule has 1 aromatic heterocycles. The number of aromatic nitrogens is 2. The molecule has 8 heteroatoms. The van der Waals surface area contributed by atoms with Gasteiger partial charge in [-0.05, 0) is 48.5 Å². The molecule has 0 saturated heterocycles. The van der Waals surface area contributed by atoms with E-state index in [4.69, 9.17) is 11.6 Å². The van der Waals surface area contributed by atoms with Crippen LogP contribution in [0.1, 0.15) is 17.0 Å². The third kappa shape index (κ3) is 3.77. The first-order valence-electron chi connectivity index (χ1n) is 8.97. The van der Waals surface area contributed by atoms with Crippen molar-refractivity contribution in [3.63, 3.8) is 0 Å². The molecule has 152 valence electrons. The maximum Gasteiger partial charge on any atom is 0.266 e. The highest BCUT2D eigenvalue weighted by atomic mass is 35.5. The predicted molar refractivity (Wildman–Crippen MR) is 114 cm³/mol. The summed E-state index contributed by atoms with van der Waals surface area (Å²) in [4.78, 5) is 17.6. The van der Waals surface area contributed by atoms with Crippen molar-refractivity contribution in [3.05, 3.63) is 105 Å². The third-order valence-corrected chi connectivity index (χ3v) is 4.91. The number of rotatable bonds is 3. The predicted octanol–water partition coefficient (Wildman–Crippen LogP) is 5.25. The largest absolute Gasteiger partial charge is 0.507 e. The molecule has 0 atom stereocenters. The monoisotopic (exact) mass is 435 g/mol. The van der Waals surface area contributed by atoms with Crippen molar-refractivity contribution < 1.29 is 13.9 Å². The molecule has 4 aromatic rings. The van der Waals surface area contributed by atoms with Crippen molar-refractivity contribution in [1.29, 1.82) is 5.26 Å². The molecule has 0 aliphatic carbocycles. The van der Waals surface area contributed by atoms with E-state index in [1.807, 2.05) is 6.07 Å². The van der Waals surface area contributed by atoms with Gasteiger partial charge in [-0.1, -0.05) is 23.7 Å². The van der Waals surface area contributed by atoms with Crippen molar-refractivity contribution in [2.45, 2.75) is 0 Å². The summed E-state index contributed by atoms with van der Waals surface area (Å²) in [6, 6.07) is 15.2. The van der Waals surface area contributed by atoms with E-state index in [-0.39, 0.29) is 38.6 Å². The number of para-hydroxylation sites is 1. The van der Waals surface area contributed by atoms with Gasteiger partial charge in [-0.15, -0.1) is 0 Å². The summed E-state index contributed by atoms with van der Waals surface area (Å²) in [7, 11) is 0. The standard InChI is InChI=1S/C23H12ClF2N3O2/c24-18-3-1-2-4-20(18)29-22(28-19-8-7-15(26)10-17(19)23(29)31)11-21(30)16-9-14(25)6-5-13(16)12-27/h1-11,30H/b21-11-. The highest BCUT2D eigenvalue weighted by Gasteiger charge is 2.16. The zero-order chi connectivity index (χ0) is 22.1. The Bertz CT molecular complexity index is 1470. The molecule has 5 nitrogen and oxygen atoms in total. The van der Waals surface area contributed by atoms with Crippen LogP contribution in [0.25, 0.3) is 28.4 Å². The number of aliphatic hydroxyl groups excluding tert-OH is 1. The van der Waals surface area contributed by atoms with Gasteiger partial charge in [0.1, 0.15) is 23.2 Å². The van der Waals surface area contributed by atoms with Crippen LogP contribution in [0.4, 0.5) is 8.78 Å². The topological polar surface area (TPSA) is 78.9 Å². The SMILES string of the molecule is N#Cc1ccc(F)cc1/C(O)=C/c1nc2ccc(F)cc2c(=O)n1-c1ccccc1Cl. The first kappa shape index (κ1) is 20.3. The van der Waals surface area contributed by atoms with Crippen molar-refractivity contribution in [1.82, 2.24) is 9.55 Å². The van der Waals surface area contributed by atoms with Gasteiger partial charge in [-0.3, -0.25) is 9.36 Å². The Balaban J connectivity index is 2.05. The summed E-state index contributed by atoms with van der Waals surface area (Å²) in [6.07, 6.45) is 1.13. The smallest absolute Gasteiger partial charge is 0.266 e. The number of hydrogen-bond donors (Lipinski definition) is 1. The van der Waals surface area contributed by atoms with Crippen LogP contribution in [0.2, 0.25) is 5.02 Å². The van der Waals surface area contributed by atoms with E-state index in [2.05, 4.69) is 4.98 Å². The summed E-state index contributed by atoms with van der Waals surface area (Å²) in [6.45, 7) is 0. The molecule has 1 heterocycles. The summed E-state index contributed by atoms with van der Waals surface area (Å²) >= 11 is 6.27. The van der Waals surface area contributed by atoms with E-state index in [1.54, 1.807) is 24.3 Å². The summed E-state index contributed by atoms with van der Waals surface area (Å²) in [5, 5.41) is 20.2. The molecule has 3 aromatic carbocycles. The molecule has 4 rings (SSSR count). The molecular weight excluding hydrogens is 424 g/mol. The van der Waals surface area contributed by atoms with Gasteiger partial charge in [0.15, 0.2) is 0 Å². The Kier molecular flexibility index (Phi) is 5.24. The van der Waals surface area contributed by atoms with Gasteiger partial charge in [0.05, 0.1) is 33.2 Å². The van der Waals surface area contributed by atoms with Gasteiger partial charge in [-0.2, -0.15) is 5.26 Å². The van der Waals surface area contributed by atoms with E-state index in [9.17, 15) is 23.9 Å². The molecule has 0 spiro atoms. The lowest BCUT2D eigenvalue weighted by Crippen LogP contribution is -2.23. The van der Waals surface area contributed by atoms with Crippen LogP contribution in [0.3, 0.4) is 0 Å². The Hall–Kier alpha value is -4.02. The number of nitriles is 1. The van der Waals surface area contributed by atoms with Crippen LogP contribution in [0.5, 0.6) is 0 Å². The van der Waals surface area contributed by atoms with Gasteiger partial charge in [-0.25, -0.2) is 13.8 Å². The molecule has 0 aliphatic heterocycles. The summed E-state index contributed by atoms with van der Waals surface area (Å²) in [5.41, 5.74) is -0.206. The molecule has 31 heavy (non-hydrogen) atoms. The maximum absolute atomic E-state index is 13.8. The first-order valence-corrected chi connectivity index (χ1v) is 9.35. The molecule has 0 fully saturated rings. The van der Waals surface area contributed by atoms with Gasteiger partial charge >= 0.3 is 0 Å². The lowest BCUT2D eigenvalue weighted by molar-refractivity contribution is 0.513. The van der Waals surface area contributed by atoms with Crippen LogP contribution in [0, 0.1) is 23.0 Å². The average molecular weight is 436 g/mol. The minimum absolute atomic E-state index is 0.0139. The Morgan fingerprint density at radius 2 is 1.81 bits per heavy atom. The van der Waals surface area contributed by atoms with Crippen molar-refractivity contribution in [2.24, 2.45) is 0 Å². The number of hydrogen-bond acceptors (Lipinski definition) is 4. The van der Waals surface area contributed by atoms with Gasteiger partial charge in [0.2, 0.25) is 0 Å². The number of fused-ring (bicyclic) bond motifs is 1. The Labute approximate surface area is 179 Å². The van der Waals surface area contributed by atoms with E-state index >= 15 is 0 Å². The minimum atomic E-state index is -0.653. The molecule has 1 N–H and O–H groups in total. The average Bonchev–Trinajstić information content (AvgIpc) is 2.75. The Morgan fingerprint density at radius 3 is 2.55 bits per heavy atom. The third-order valence-electron chi connectivity index (χ3n) is 4.59. The number of benzene rings is 3. The summed E-state index contributed by atoms with van der Waals surface area (Å²) < 4.78 is 28.6. The first-order chi connectivity index (χ1) is 14.9. The zero-order valence-electron chi connectivity index (χ0n) is 15.7. The normalized spacial score (nSPS) is 11.5. The van der Waals surface area contributed by atoms with Crippen molar-refractivity contribution in [3.8, 4) is 11.8 Å². The van der Waals surface area contributed by atoms with E-state index in [0.29, 0.717) is 0 Å². The maximum atomic E-state index is 13.8. The fourth-order valence-corrected chi connectivity index (χ4v) is 3.38. The number of halogens is 3. The summed E-state index contributed by atoms with van der Waals surface area (Å²) in [5.74, 6) is -1.78. The second kappa shape index (κ2) is 8.01. The van der Waals surface area contributed by atoms with Crippen LogP contribution in [-0.4, -0.2) is 14.7 Å². The number of aliphatic hydroxyl groups is 1. The second-order valence-electron chi connectivity index (χ2n) is 6.55. The molecule has 0 bridgehead atoms. The van der Waals surface area contributed by atoms with Gasteiger partial charge in [0, 0.05) is 11.6 Å². The fourth-order valence-electron chi connectivity index (χ4n) is 3.16. The lowest BCUT2D eigenvalue weighted by Gasteiger charge is -2.13. The quantitative estimate of drug-likeness (QED) is 0.446. The van der Waals surface area contributed by atoms with E-state index in [0.717, 1.165) is 34.9 Å². The number of nitrogens with zero attached hydrogens (tertiary/aromatic N) is 3. The van der Waals surface area contributed by atoms with Crippen molar-refractivity contribution >= 4 is 34.3 Å². The zero-order valence-corrected chi connectivity index (χ0v) is 16.4. The molecule has 0 unspecified atom stereocenters. The van der Waals surface area contributed by atoms with Gasteiger partial charge in [0.25, 0.3) is 5.56 Å². The molecule has 0 amide bonds. The van der Waals surface area contributed by atoms with Crippen LogP contribution < -0.4 is 5.56 Å². The molecule has 0 radical (unpaired) electrons. The minimum Gasteiger partial charge on any atom is -0.507 e. The molecule has 0 aliphatic rings. The second-order valence-corrected chi connectivity index (χ2v) is 6.96. The highest BCUT2D eigenvalue weighted by molar-refractivity contribution is 6.32. The van der Waals surface area contributed by atoms with E-state index in [1.165, 1.54) is 12.1 Å². The Morgan fingerprint density at radius 1 is 1.10 bits per heavy atom. The van der Waals surface area contributed by atoms with Crippen LogP contribution in [0.15, 0.2) is 65.5 Å². The fraction of sp³-hybridized carbons (Fsp3) is 0. The lowest BCUT2D eigenvalue weighted by atomic mass is 10.1. The van der Waals surface area contributed by atoms with Gasteiger partial charge < -0.3 is 5.11 Å². The molecule has 0 saturated carbocycles. The van der Waals surface area contributed by atoms with Crippen molar-refractivity contribution in [2.75, 3.05) is 0 Å². The highest BCUT2D eigenvalue weighted by Crippen LogP contribution is 2.25. The molecular formula is C23H12ClF2N3O2. The van der Waals surface area contributed by atoms with Crippen LogP contribution in [-0.2, 0) is 0 Å².